The molecule has 98 valence electrons. The highest BCUT2D eigenvalue weighted by Crippen LogP contribution is 2.13. The Morgan fingerprint density at radius 2 is 2.11 bits per heavy atom. The molecule has 2 rings (SSSR count). The van der Waals surface area contributed by atoms with Crippen LogP contribution in [0.5, 0.6) is 0 Å². The van der Waals surface area contributed by atoms with Crippen molar-refractivity contribution in [3.05, 3.63) is 38.5 Å². The number of nitrogens with zero attached hydrogens (tertiary/aromatic N) is 2. The first-order valence-corrected chi connectivity index (χ1v) is 8.27. The van der Waals surface area contributed by atoms with Crippen LogP contribution in [-0.2, 0) is 18.7 Å². The van der Waals surface area contributed by atoms with Gasteiger partial charge in [-0.05, 0) is 24.9 Å². The van der Waals surface area contributed by atoms with E-state index in [4.69, 9.17) is 11.6 Å². The van der Waals surface area contributed by atoms with Crippen molar-refractivity contribution >= 4 is 34.3 Å². The number of rotatable bonds is 7. The molecule has 0 aliphatic carbocycles. The lowest BCUT2D eigenvalue weighted by atomic mass is 10.3. The molecule has 0 fully saturated rings. The third-order valence-corrected chi connectivity index (χ3v) is 4.93. The molecule has 2 aromatic rings. The van der Waals surface area contributed by atoms with E-state index in [9.17, 15) is 0 Å². The Labute approximate surface area is 121 Å². The summed E-state index contributed by atoms with van der Waals surface area (Å²) in [4.78, 5) is 8.29. The number of hydrogen-bond donors (Lipinski definition) is 0. The van der Waals surface area contributed by atoms with Crippen molar-refractivity contribution in [1.29, 1.82) is 0 Å². The quantitative estimate of drug-likeness (QED) is 0.726. The van der Waals surface area contributed by atoms with E-state index in [-0.39, 0.29) is 0 Å². The van der Waals surface area contributed by atoms with Gasteiger partial charge in [-0.3, -0.25) is 0 Å². The molecule has 0 aliphatic heterocycles. The largest absolute Gasteiger partial charge is 0.306 e. The van der Waals surface area contributed by atoms with Crippen molar-refractivity contribution in [1.82, 2.24) is 9.88 Å². The van der Waals surface area contributed by atoms with Crippen LogP contribution in [0.2, 0.25) is 0 Å². The number of aromatic nitrogens is 1. The fourth-order valence-electron chi connectivity index (χ4n) is 1.68. The molecule has 0 aromatic carbocycles. The van der Waals surface area contributed by atoms with Crippen molar-refractivity contribution in [3.8, 4) is 0 Å². The highest BCUT2D eigenvalue weighted by atomic mass is 35.5. The Balaban J connectivity index is 1.69. The van der Waals surface area contributed by atoms with Crippen molar-refractivity contribution in [2.75, 3.05) is 20.1 Å². The first-order chi connectivity index (χ1) is 8.78. The Morgan fingerprint density at radius 3 is 2.78 bits per heavy atom. The summed E-state index contributed by atoms with van der Waals surface area (Å²) in [5.41, 5.74) is 0.998. The van der Waals surface area contributed by atoms with E-state index >= 15 is 0 Å². The number of thiophene rings is 1. The van der Waals surface area contributed by atoms with Gasteiger partial charge in [0.2, 0.25) is 0 Å². The van der Waals surface area contributed by atoms with Gasteiger partial charge >= 0.3 is 0 Å². The molecule has 0 saturated carbocycles. The van der Waals surface area contributed by atoms with Crippen LogP contribution in [0.4, 0.5) is 0 Å². The van der Waals surface area contributed by atoms with Crippen LogP contribution in [0.25, 0.3) is 0 Å². The summed E-state index contributed by atoms with van der Waals surface area (Å²) in [6.07, 6.45) is 2.15. The number of halogens is 1. The smallest absolute Gasteiger partial charge is 0.0941 e. The summed E-state index contributed by atoms with van der Waals surface area (Å²) < 4.78 is 0. The highest BCUT2D eigenvalue weighted by Gasteiger charge is 2.04. The molecule has 0 radical (unpaired) electrons. The predicted molar refractivity (Wildman–Crippen MR) is 80.9 cm³/mol. The highest BCUT2D eigenvalue weighted by molar-refractivity contribution is 7.10. The molecule has 0 bridgehead atoms. The number of alkyl halides is 1. The molecule has 2 aromatic heterocycles. The molecular weight excluding hydrogens is 284 g/mol. The van der Waals surface area contributed by atoms with E-state index in [0.29, 0.717) is 5.88 Å². The van der Waals surface area contributed by atoms with E-state index < -0.39 is 0 Å². The van der Waals surface area contributed by atoms with Crippen molar-refractivity contribution in [2.24, 2.45) is 0 Å². The Morgan fingerprint density at radius 1 is 1.28 bits per heavy atom. The van der Waals surface area contributed by atoms with Crippen LogP contribution in [0.15, 0.2) is 22.9 Å². The first-order valence-electron chi connectivity index (χ1n) is 5.98. The van der Waals surface area contributed by atoms with Gasteiger partial charge in [0.25, 0.3) is 0 Å². The number of likely N-dealkylation sites (N-methyl/N-ethyl adjacent to an activating group) is 1. The summed E-state index contributed by atoms with van der Waals surface area (Å²) in [7, 11) is 2.17. The second-order valence-electron chi connectivity index (χ2n) is 4.25. The Kier molecular flexibility index (Phi) is 5.63. The van der Waals surface area contributed by atoms with Crippen molar-refractivity contribution in [2.45, 2.75) is 18.7 Å². The van der Waals surface area contributed by atoms with Crippen LogP contribution in [0, 0.1) is 0 Å². The molecule has 5 heteroatoms. The summed E-state index contributed by atoms with van der Waals surface area (Å²) in [6, 6.07) is 4.31. The van der Waals surface area contributed by atoms with E-state index in [1.807, 2.05) is 16.7 Å². The summed E-state index contributed by atoms with van der Waals surface area (Å²) >= 11 is 9.29. The molecule has 2 nitrogen and oxygen atoms in total. The molecule has 18 heavy (non-hydrogen) atoms. The summed E-state index contributed by atoms with van der Waals surface area (Å²) in [5, 5.41) is 5.38. The second kappa shape index (κ2) is 7.24. The maximum atomic E-state index is 5.74. The lowest BCUT2D eigenvalue weighted by Gasteiger charge is -2.14. The Bertz CT molecular complexity index is 453. The molecular formula is C13H17ClN2S2. The summed E-state index contributed by atoms with van der Waals surface area (Å²) in [6.45, 7) is 2.16. The maximum Gasteiger partial charge on any atom is 0.0941 e. The van der Waals surface area contributed by atoms with Gasteiger partial charge in [0, 0.05) is 29.8 Å². The minimum atomic E-state index is 0.519. The fourth-order valence-corrected chi connectivity index (χ4v) is 3.39. The van der Waals surface area contributed by atoms with Gasteiger partial charge in [0.15, 0.2) is 0 Å². The predicted octanol–water partition coefficient (Wildman–Crippen LogP) is 3.66. The lowest BCUT2D eigenvalue weighted by Crippen LogP contribution is -2.23. The maximum absolute atomic E-state index is 5.74. The molecule has 0 N–H and O–H groups in total. The third-order valence-electron chi connectivity index (χ3n) is 2.76. The van der Waals surface area contributed by atoms with Gasteiger partial charge in [-0.25, -0.2) is 4.98 Å². The monoisotopic (exact) mass is 300 g/mol. The SMILES string of the molecule is CN(CCc1cccs1)CCc1nc(CCl)cs1. The normalized spacial score (nSPS) is 11.3. The van der Waals surface area contributed by atoms with E-state index in [1.165, 1.54) is 9.88 Å². The van der Waals surface area contributed by atoms with E-state index in [1.54, 1.807) is 11.3 Å². The zero-order valence-corrected chi connectivity index (χ0v) is 12.8. The molecule has 0 unspecified atom stereocenters. The summed E-state index contributed by atoms with van der Waals surface area (Å²) in [5.74, 6) is 0.519. The van der Waals surface area contributed by atoms with Gasteiger partial charge in [0.1, 0.15) is 0 Å². The number of thiazole rings is 1. The van der Waals surface area contributed by atoms with Crippen LogP contribution in [0.1, 0.15) is 15.6 Å². The van der Waals surface area contributed by atoms with Crippen LogP contribution in [-0.4, -0.2) is 30.0 Å². The van der Waals surface area contributed by atoms with Crippen LogP contribution < -0.4 is 0 Å². The lowest BCUT2D eigenvalue weighted by molar-refractivity contribution is 0.343. The van der Waals surface area contributed by atoms with Gasteiger partial charge in [-0.2, -0.15) is 0 Å². The standard InChI is InChI=1S/C13H17ClN2S2/c1-16(6-4-12-3-2-8-17-12)7-5-13-15-11(9-14)10-18-13/h2-3,8,10H,4-7,9H2,1H3. The molecule has 0 saturated heterocycles. The molecule has 0 spiro atoms. The minimum absolute atomic E-state index is 0.519. The van der Waals surface area contributed by atoms with Gasteiger partial charge in [-0.15, -0.1) is 34.3 Å². The van der Waals surface area contributed by atoms with Gasteiger partial charge in [-0.1, -0.05) is 6.07 Å². The third kappa shape index (κ3) is 4.35. The average Bonchev–Trinajstić information content (AvgIpc) is 3.04. The van der Waals surface area contributed by atoms with Gasteiger partial charge in [0.05, 0.1) is 16.6 Å². The number of hydrogen-bond acceptors (Lipinski definition) is 4. The zero-order valence-electron chi connectivity index (χ0n) is 10.4. The molecule has 2 heterocycles. The topological polar surface area (TPSA) is 16.1 Å². The average molecular weight is 301 g/mol. The zero-order chi connectivity index (χ0) is 12.8. The Hall–Kier alpha value is -0.420. The van der Waals surface area contributed by atoms with Crippen molar-refractivity contribution in [3.63, 3.8) is 0 Å². The first kappa shape index (κ1) is 14.0. The van der Waals surface area contributed by atoms with E-state index in [0.717, 1.165) is 31.6 Å². The van der Waals surface area contributed by atoms with Crippen LogP contribution >= 0.6 is 34.3 Å². The second-order valence-corrected chi connectivity index (χ2v) is 6.49. The van der Waals surface area contributed by atoms with Gasteiger partial charge < -0.3 is 4.90 Å². The van der Waals surface area contributed by atoms with Crippen LogP contribution in [0.3, 0.4) is 0 Å². The van der Waals surface area contributed by atoms with E-state index in [2.05, 4.69) is 34.4 Å². The fraction of sp³-hybridized carbons (Fsp3) is 0.462. The van der Waals surface area contributed by atoms with Crippen molar-refractivity contribution < 1.29 is 0 Å². The molecule has 0 aliphatic rings. The minimum Gasteiger partial charge on any atom is -0.306 e. The molecule has 0 amide bonds. The molecule has 0 atom stereocenters.